The van der Waals surface area contributed by atoms with Crippen molar-refractivity contribution in [3.63, 3.8) is 0 Å². The summed E-state index contributed by atoms with van der Waals surface area (Å²) in [6.07, 6.45) is 1.61. The van der Waals surface area contributed by atoms with Crippen LogP contribution < -0.4 is 0 Å². The van der Waals surface area contributed by atoms with Crippen LogP contribution in [-0.4, -0.2) is 9.97 Å². The van der Waals surface area contributed by atoms with E-state index in [9.17, 15) is 0 Å². The SMILES string of the molecule is Clc1ccnc2nc(-c3ccccc3)oc12. The third-order valence-electron chi connectivity index (χ3n) is 2.26. The summed E-state index contributed by atoms with van der Waals surface area (Å²) in [5.74, 6) is 0.538. The minimum Gasteiger partial charge on any atom is -0.433 e. The first-order chi connectivity index (χ1) is 7.84. The molecule has 0 saturated heterocycles. The van der Waals surface area contributed by atoms with Crippen LogP contribution in [0.1, 0.15) is 0 Å². The minimum atomic E-state index is 0.527. The summed E-state index contributed by atoms with van der Waals surface area (Å²) >= 11 is 5.98. The van der Waals surface area contributed by atoms with E-state index in [0.717, 1.165) is 5.56 Å². The molecule has 3 rings (SSSR count). The van der Waals surface area contributed by atoms with Crippen molar-refractivity contribution in [1.82, 2.24) is 9.97 Å². The van der Waals surface area contributed by atoms with Crippen molar-refractivity contribution in [3.8, 4) is 11.5 Å². The fraction of sp³-hybridized carbons (Fsp3) is 0. The standard InChI is InChI=1S/C12H7ClN2O/c13-9-6-7-14-11-10(9)16-12(15-11)8-4-2-1-3-5-8/h1-7H. The van der Waals surface area contributed by atoms with Gasteiger partial charge in [0.25, 0.3) is 0 Å². The van der Waals surface area contributed by atoms with Crippen molar-refractivity contribution in [2.45, 2.75) is 0 Å². The Labute approximate surface area is 96.7 Å². The van der Waals surface area contributed by atoms with Gasteiger partial charge in [0.05, 0.1) is 5.02 Å². The van der Waals surface area contributed by atoms with Gasteiger partial charge < -0.3 is 4.42 Å². The molecule has 0 radical (unpaired) electrons. The van der Waals surface area contributed by atoms with Crippen LogP contribution >= 0.6 is 11.6 Å². The number of aromatic nitrogens is 2. The topological polar surface area (TPSA) is 38.9 Å². The summed E-state index contributed by atoms with van der Waals surface area (Å²) in [5, 5.41) is 0.527. The zero-order chi connectivity index (χ0) is 11.0. The van der Waals surface area contributed by atoms with E-state index in [1.165, 1.54) is 0 Å². The molecule has 3 aromatic rings. The van der Waals surface area contributed by atoms with Crippen molar-refractivity contribution in [1.29, 1.82) is 0 Å². The average molecular weight is 231 g/mol. The number of oxazole rings is 1. The first kappa shape index (κ1) is 9.36. The van der Waals surface area contributed by atoms with Gasteiger partial charge in [-0.05, 0) is 18.2 Å². The molecular weight excluding hydrogens is 224 g/mol. The van der Waals surface area contributed by atoms with Crippen LogP contribution in [0, 0.1) is 0 Å². The van der Waals surface area contributed by atoms with Crippen molar-refractivity contribution >= 4 is 22.8 Å². The highest BCUT2D eigenvalue weighted by atomic mass is 35.5. The van der Waals surface area contributed by atoms with Gasteiger partial charge in [0, 0.05) is 11.8 Å². The molecular formula is C12H7ClN2O. The molecule has 0 saturated carbocycles. The van der Waals surface area contributed by atoms with Gasteiger partial charge in [-0.1, -0.05) is 29.8 Å². The number of nitrogens with zero attached hydrogens (tertiary/aromatic N) is 2. The Kier molecular flexibility index (Phi) is 2.11. The summed E-state index contributed by atoms with van der Waals surface area (Å²) in [7, 11) is 0. The van der Waals surface area contributed by atoms with E-state index in [4.69, 9.17) is 16.0 Å². The summed E-state index contributed by atoms with van der Waals surface area (Å²) in [5.41, 5.74) is 1.98. The Morgan fingerprint density at radius 1 is 1.06 bits per heavy atom. The monoisotopic (exact) mass is 230 g/mol. The maximum atomic E-state index is 5.98. The van der Waals surface area contributed by atoms with Crippen LogP contribution in [0.5, 0.6) is 0 Å². The molecule has 0 aliphatic heterocycles. The Morgan fingerprint density at radius 3 is 2.62 bits per heavy atom. The first-order valence-corrected chi connectivity index (χ1v) is 5.19. The second kappa shape index (κ2) is 3.61. The molecule has 78 valence electrons. The lowest BCUT2D eigenvalue weighted by molar-refractivity contribution is 0.620. The highest BCUT2D eigenvalue weighted by molar-refractivity contribution is 6.34. The van der Waals surface area contributed by atoms with E-state index in [0.29, 0.717) is 22.1 Å². The van der Waals surface area contributed by atoms with E-state index >= 15 is 0 Å². The number of pyridine rings is 1. The molecule has 2 heterocycles. The third kappa shape index (κ3) is 1.46. The van der Waals surface area contributed by atoms with Gasteiger partial charge in [-0.25, -0.2) is 4.98 Å². The van der Waals surface area contributed by atoms with Gasteiger partial charge >= 0.3 is 0 Å². The van der Waals surface area contributed by atoms with E-state index in [-0.39, 0.29) is 0 Å². The number of rotatable bonds is 1. The first-order valence-electron chi connectivity index (χ1n) is 4.81. The van der Waals surface area contributed by atoms with Crippen molar-refractivity contribution in [2.24, 2.45) is 0 Å². The molecule has 4 heteroatoms. The van der Waals surface area contributed by atoms with Gasteiger partial charge in [-0.3, -0.25) is 0 Å². The van der Waals surface area contributed by atoms with Gasteiger partial charge in [-0.15, -0.1) is 0 Å². The Balaban J connectivity index is 2.23. The summed E-state index contributed by atoms with van der Waals surface area (Å²) in [6.45, 7) is 0. The lowest BCUT2D eigenvalue weighted by Crippen LogP contribution is -1.76. The lowest BCUT2D eigenvalue weighted by Gasteiger charge is -1.91. The van der Waals surface area contributed by atoms with E-state index < -0.39 is 0 Å². The second-order valence-electron chi connectivity index (χ2n) is 3.33. The molecule has 2 aromatic heterocycles. The normalized spacial score (nSPS) is 10.8. The highest BCUT2D eigenvalue weighted by Crippen LogP contribution is 2.27. The molecule has 0 bridgehead atoms. The largest absolute Gasteiger partial charge is 0.433 e. The fourth-order valence-electron chi connectivity index (χ4n) is 1.51. The number of benzene rings is 1. The Morgan fingerprint density at radius 2 is 1.88 bits per heavy atom. The zero-order valence-corrected chi connectivity index (χ0v) is 8.98. The van der Waals surface area contributed by atoms with Crippen LogP contribution in [0.2, 0.25) is 5.02 Å². The predicted molar refractivity (Wildman–Crippen MR) is 62.3 cm³/mol. The maximum Gasteiger partial charge on any atom is 0.228 e. The molecule has 1 aromatic carbocycles. The molecule has 0 unspecified atom stereocenters. The molecule has 16 heavy (non-hydrogen) atoms. The average Bonchev–Trinajstić information content (AvgIpc) is 2.76. The third-order valence-corrected chi connectivity index (χ3v) is 2.56. The highest BCUT2D eigenvalue weighted by Gasteiger charge is 2.10. The second-order valence-corrected chi connectivity index (χ2v) is 3.74. The Bertz CT molecular complexity index is 634. The number of hydrogen-bond acceptors (Lipinski definition) is 3. The molecule has 0 spiro atoms. The predicted octanol–water partition coefficient (Wildman–Crippen LogP) is 3.54. The van der Waals surface area contributed by atoms with Crippen molar-refractivity contribution in [3.05, 3.63) is 47.6 Å². The smallest absolute Gasteiger partial charge is 0.228 e. The molecule has 0 fully saturated rings. The molecule has 3 nitrogen and oxygen atoms in total. The van der Waals surface area contributed by atoms with Gasteiger partial charge in [-0.2, -0.15) is 4.98 Å². The van der Waals surface area contributed by atoms with E-state index in [2.05, 4.69) is 9.97 Å². The van der Waals surface area contributed by atoms with E-state index in [1.54, 1.807) is 12.3 Å². The summed E-state index contributed by atoms with van der Waals surface area (Å²) in [4.78, 5) is 8.38. The van der Waals surface area contributed by atoms with Crippen molar-refractivity contribution in [2.75, 3.05) is 0 Å². The van der Waals surface area contributed by atoms with Crippen LogP contribution in [0.25, 0.3) is 22.7 Å². The van der Waals surface area contributed by atoms with Crippen LogP contribution in [-0.2, 0) is 0 Å². The minimum absolute atomic E-state index is 0.527. The number of fused-ring (bicyclic) bond motifs is 1. The fourth-order valence-corrected chi connectivity index (χ4v) is 1.69. The molecule has 0 amide bonds. The molecule has 0 aliphatic rings. The lowest BCUT2D eigenvalue weighted by atomic mass is 10.2. The molecule has 0 atom stereocenters. The van der Waals surface area contributed by atoms with E-state index in [1.807, 2.05) is 30.3 Å². The van der Waals surface area contributed by atoms with Gasteiger partial charge in [0.15, 0.2) is 5.58 Å². The Hall–Kier alpha value is -1.87. The van der Waals surface area contributed by atoms with Crippen molar-refractivity contribution < 1.29 is 4.42 Å². The van der Waals surface area contributed by atoms with Crippen LogP contribution in [0.4, 0.5) is 0 Å². The number of halogens is 1. The zero-order valence-electron chi connectivity index (χ0n) is 8.22. The van der Waals surface area contributed by atoms with Gasteiger partial charge in [0.1, 0.15) is 0 Å². The summed E-state index contributed by atoms with van der Waals surface area (Å²) < 4.78 is 5.58. The maximum absolute atomic E-state index is 5.98. The molecule has 0 N–H and O–H groups in total. The van der Waals surface area contributed by atoms with Crippen LogP contribution in [0.15, 0.2) is 47.0 Å². The van der Waals surface area contributed by atoms with Crippen LogP contribution in [0.3, 0.4) is 0 Å². The quantitative estimate of drug-likeness (QED) is 0.642. The molecule has 0 aliphatic carbocycles. The summed E-state index contributed by atoms with van der Waals surface area (Å²) in [6, 6.07) is 11.3. The number of hydrogen-bond donors (Lipinski definition) is 0. The van der Waals surface area contributed by atoms with Gasteiger partial charge in [0.2, 0.25) is 11.5 Å².